The van der Waals surface area contributed by atoms with Crippen LogP contribution in [0.1, 0.15) is 24.0 Å². The van der Waals surface area contributed by atoms with Crippen LogP contribution in [0.3, 0.4) is 0 Å². The van der Waals surface area contributed by atoms with Gasteiger partial charge in [0.05, 0.1) is 5.69 Å². The minimum Gasteiger partial charge on any atom is -0.279 e. The first-order valence-electron chi connectivity index (χ1n) is 7.16. The van der Waals surface area contributed by atoms with Crippen LogP contribution in [-0.4, -0.2) is 8.42 Å². The lowest BCUT2D eigenvalue weighted by molar-refractivity contribution is 0.570. The van der Waals surface area contributed by atoms with Crippen LogP contribution in [0.5, 0.6) is 0 Å². The van der Waals surface area contributed by atoms with Gasteiger partial charge in [-0.3, -0.25) is 4.72 Å². The standard InChI is InChI=1S/C16H14BrClFNO2S/c17-13-6-7-15(12-4-2-1-3-11(12)13)20-23(21,22)16-8-5-10(18)9-14(16)19/h5-9,20H,1-4H2. The average molecular weight is 419 g/mol. The molecule has 1 aliphatic rings. The van der Waals surface area contributed by atoms with Crippen LogP contribution in [0.4, 0.5) is 10.1 Å². The Morgan fingerprint density at radius 2 is 1.78 bits per heavy atom. The second-order valence-corrected chi connectivity index (χ2v) is 8.38. The summed E-state index contributed by atoms with van der Waals surface area (Å²) in [6.07, 6.45) is 3.79. The number of hydrogen-bond acceptors (Lipinski definition) is 2. The maximum absolute atomic E-state index is 13.9. The highest BCUT2D eigenvalue weighted by Gasteiger charge is 2.23. The molecule has 0 unspecified atom stereocenters. The summed E-state index contributed by atoms with van der Waals surface area (Å²) in [7, 11) is -4.01. The molecule has 23 heavy (non-hydrogen) atoms. The van der Waals surface area contributed by atoms with Gasteiger partial charge in [-0.2, -0.15) is 0 Å². The Hall–Kier alpha value is -1.11. The number of rotatable bonds is 3. The SMILES string of the molecule is O=S(=O)(Nc1ccc(Br)c2c1CCCC2)c1ccc(Cl)cc1F. The molecule has 3 rings (SSSR count). The minimum atomic E-state index is -4.01. The van der Waals surface area contributed by atoms with Crippen LogP contribution in [0.15, 0.2) is 39.7 Å². The molecule has 7 heteroatoms. The molecule has 0 radical (unpaired) electrons. The zero-order valence-electron chi connectivity index (χ0n) is 12.1. The van der Waals surface area contributed by atoms with Gasteiger partial charge in [-0.1, -0.05) is 27.5 Å². The van der Waals surface area contributed by atoms with Crippen molar-refractivity contribution in [3.63, 3.8) is 0 Å². The molecule has 0 heterocycles. The lowest BCUT2D eigenvalue weighted by atomic mass is 9.91. The van der Waals surface area contributed by atoms with Crippen molar-refractivity contribution in [3.8, 4) is 0 Å². The van der Waals surface area contributed by atoms with Gasteiger partial charge in [0.2, 0.25) is 0 Å². The van der Waals surface area contributed by atoms with E-state index in [1.165, 1.54) is 12.1 Å². The predicted octanol–water partition coefficient (Wildman–Crippen LogP) is 4.92. The molecular formula is C16H14BrClFNO2S. The Morgan fingerprint density at radius 3 is 2.48 bits per heavy atom. The monoisotopic (exact) mass is 417 g/mol. The van der Waals surface area contributed by atoms with Crippen LogP contribution < -0.4 is 4.72 Å². The first-order valence-corrected chi connectivity index (χ1v) is 9.82. The van der Waals surface area contributed by atoms with Gasteiger partial charge in [0.15, 0.2) is 0 Å². The van der Waals surface area contributed by atoms with E-state index in [0.717, 1.165) is 47.3 Å². The Balaban J connectivity index is 2.01. The second-order valence-electron chi connectivity index (χ2n) is 5.44. The molecule has 0 fully saturated rings. The fraction of sp³-hybridized carbons (Fsp3) is 0.250. The third-order valence-corrected chi connectivity index (χ3v) is 6.28. The number of anilines is 1. The maximum atomic E-state index is 13.9. The molecule has 122 valence electrons. The molecule has 0 amide bonds. The van der Waals surface area contributed by atoms with Crippen molar-refractivity contribution in [2.45, 2.75) is 30.6 Å². The number of halogens is 3. The zero-order chi connectivity index (χ0) is 16.6. The topological polar surface area (TPSA) is 46.2 Å². The highest BCUT2D eigenvalue weighted by atomic mass is 79.9. The zero-order valence-corrected chi connectivity index (χ0v) is 15.2. The highest BCUT2D eigenvalue weighted by molar-refractivity contribution is 9.10. The largest absolute Gasteiger partial charge is 0.279 e. The van der Waals surface area contributed by atoms with E-state index >= 15 is 0 Å². The van der Waals surface area contributed by atoms with Crippen LogP contribution in [0.2, 0.25) is 5.02 Å². The lowest BCUT2D eigenvalue weighted by Gasteiger charge is -2.21. The van der Waals surface area contributed by atoms with E-state index < -0.39 is 20.7 Å². The first-order chi connectivity index (χ1) is 10.9. The molecule has 1 aliphatic carbocycles. The molecule has 0 aromatic heterocycles. The number of nitrogens with one attached hydrogen (secondary N) is 1. The first kappa shape index (κ1) is 16.7. The molecule has 2 aromatic rings. The lowest BCUT2D eigenvalue weighted by Crippen LogP contribution is -2.17. The predicted molar refractivity (Wildman–Crippen MR) is 93.0 cm³/mol. The van der Waals surface area contributed by atoms with E-state index in [0.29, 0.717) is 5.69 Å². The summed E-state index contributed by atoms with van der Waals surface area (Å²) in [4.78, 5) is -0.408. The van der Waals surface area contributed by atoms with Crippen molar-refractivity contribution in [3.05, 3.63) is 56.8 Å². The number of fused-ring (bicyclic) bond motifs is 1. The Morgan fingerprint density at radius 1 is 1.09 bits per heavy atom. The summed E-state index contributed by atoms with van der Waals surface area (Å²) in [5.74, 6) is -0.865. The van der Waals surface area contributed by atoms with E-state index in [-0.39, 0.29) is 5.02 Å². The number of benzene rings is 2. The van der Waals surface area contributed by atoms with Gasteiger partial charge in [0.25, 0.3) is 10.0 Å². The summed E-state index contributed by atoms with van der Waals surface area (Å²) in [5, 5.41) is 0.155. The fourth-order valence-corrected chi connectivity index (χ4v) is 4.69. The molecule has 0 saturated heterocycles. The van der Waals surface area contributed by atoms with Gasteiger partial charge in [-0.05, 0) is 67.1 Å². The van der Waals surface area contributed by atoms with Crippen LogP contribution >= 0.6 is 27.5 Å². The molecule has 0 saturated carbocycles. The summed E-state index contributed by atoms with van der Waals surface area (Å²) in [6.45, 7) is 0. The van der Waals surface area contributed by atoms with Crippen LogP contribution in [0, 0.1) is 5.82 Å². The molecule has 2 aromatic carbocycles. The third kappa shape index (κ3) is 3.39. The molecular weight excluding hydrogens is 405 g/mol. The second kappa shape index (κ2) is 6.42. The van der Waals surface area contributed by atoms with Crippen LogP contribution in [-0.2, 0) is 22.9 Å². The van der Waals surface area contributed by atoms with Crippen molar-refractivity contribution in [1.29, 1.82) is 0 Å². The van der Waals surface area contributed by atoms with Crippen molar-refractivity contribution in [1.82, 2.24) is 0 Å². The van der Waals surface area contributed by atoms with Crippen LogP contribution in [0.25, 0.3) is 0 Å². The quantitative estimate of drug-likeness (QED) is 0.769. The van der Waals surface area contributed by atoms with E-state index in [4.69, 9.17) is 11.6 Å². The van der Waals surface area contributed by atoms with Crippen molar-refractivity contribution in [2.75, 3.05) is 4.72 Å². The van der Waals surface area contributed by atoms with E-state index in [1.807, 2.05) is 6.07 Å². The van der Waals surface area contributed by atoms with Gasteiger partial charge in [0.1, 0.15) is 10.7 Å². The van der Waals surface area contributed by atoms with E-state index in [1.54, 1.807) is 6.07 Å². The van der Waals surface area contributed by atoms with Gasteiger partial charge < -0.3 is 0 Å². The summed E-state index contributed by atoms with van der Waals surface area (Å²) >= 11 is 9.19. The molecule has 1 N–H and O–H groups in total. The fourth-order valence-electron chi connectivity index (χ4n) is 2.81. The average Bonchev–Trinajstić information content (AvgIpc) is 2.50. The normalized spacial score (nSPS) is 14.4. The van der Waals surface area contributed by atoms with E-state index in [9.17, 15) is 12.8 Å². The van der Waals surface area contributed by atoms with Gasteiger partial charge in [-0.15, -0.1) is 0 Å². The minimum absolute atomic E-state index is 0.155. The number of sulfonamides is 1. The summed E-state index contributed by atoms with van der Waals surface area (Å²) in [5.41, 5.74) is 2.61. The van der Waals surface area contributed by atoms with Gasteiger partial charge in [0, 0.05) is 9.50 Å². The van der Waals surface area contributed by atoms with Crippen molar-refractivity contribution in [2.24, 2.45) is 0 Å². The Bertz CT molecular complexity index is 871. The molecule has 3 nitrogen and oxygen atoms in total. The maximum Gasteiger partial charge on any atom is 0.264 e. The van der Waals surface area contributed by atoms with Gasteiger partial charge >= 0.3 is 0 Å². The highest BCUT2D eigenvalue weighted by Crippen LogP contribution is 2.34. The summed E-state index contributed by atoms with van der Waals surface area (Å²) in [6, 6.07) is 7.05. The Kier molecular flexibility index (Phi) is 4.67. The van der Waals surface area contributed by atoms with Crippen molar-refractivity contribution < 1.29 is 12.8 Å². The van der Waals surface area contributed by atoms with Gasteiger partial charge in [-0.25, -0.2) is 12.8 Å². The Labute approximate surface area is 148 Å². The van der Waals surface area contributed by atoms with Crippen molar-refractivity contribution >= 4 is 43.2 Å². The molecule has 0 spiro atoms. The smallest absolute Gasteiger partial charge is 0.264 e. The molecule has 0 aliphatic heterocycles. The summed E-state index contributed by atoms with van der Waals surface area (Å²) < 4.78 is 42.4. The molecule has 0 bridgehead atoms. The number of hydrogen-bond donors (Lipinski definition) is 1. The third-order valence-electron chi connectivity index (χ3n) is 3.91. The molecule has 0 atom stereocenters. The van der Waals surface area contributed by atoms with E-state index in [2.05, 4.69) is 20.7 Å².